The predicted octanol–water partition coefficient (Wildman–Crippen LogP) is 4.08. The maximum Gasteiger partial charge on any atom is 0.324 e. The molecule has 1 atom stereocenters. The zero-order valence-corrected chi connectivity index (χ0v) is 8.59. The molecule has 0 N–H and O–H groups in total. The summed E-state index contributed by atoms with van der Waals surface area (Å²) in [6, 6.07) is 2.93. The van der Waals surface area contributed by atoms with Crippen LogP contribution < -0.4 is 0 Å². The zero-order chi connectivity index (χ0) is 10.1. The molecular weight excluding hydrogens is 272 g/mol. The Balaban J connectivity index is 2.84. The highest BCUT2D eigenvalue weighted by molar-refractivity contribution is 9.09. The molecule has 0 aliphatic carbocycles. The molecule has 0 bridgehead atoms. The van der Waals surface area contributed by atoms with Gasteiger partial charge < -0.3 is 0 Å². The predicted molar refractivity (Wildman–Crippen MR) is 46.9 cm³/mol. The highest BCUT2D eigenvalue weighted by atomic mass is 79.9. The van der Waals surface area contributed by atoms with Crippen molar-refractivity contribution in [3.63, 3.8) is 0 Å². The van der Waals surface area contributed by atoms with Crippen molar-refractivity contribution in [2.45, 2.75) is 17.2 Å². The van der Waals surface area contributed by atoms with Gasteiger partial charge >= 0.3 is 12.3 Å². The molecular formula is C7H5BrF4S. The molecule has 74 valence electrons. The minimum absolute atomic E-state index is 0.199. The standard InChI is InChI=1S/C7H5BrF4S/c8-5(4-2-1-3-13-4)7(11,12)6(9)10/h1-3,5-6H. The average molecular weight is 277 g/mol. The quantitative estimate of drug-likeness (QED) is 0.576. The number of thiophene rings is 1. The van der Waals surface area contributed by atoms with Gasteiger partial charge in [-0.1, -0.05) is 22.0 Å². The van der Waals surface area contributed by atoms with E-state index < -0.39 is 17.2 Å². The lowest BCUT2D eigenvalue weighted by Gasteiger charge is -2.19. The van der Waals surface area contributed by atoms with Crippen molar-refractivity contribution < 1.29 is 17.6 Å². The fraction of sp³-hybridized carbons (Fsp3) is 0.429. The van der Waals surface area contributed by atoms with Gasteiger partial charge in [-0.2, -0.15) is 8.78 Å². The van der Waals surface area contributed by atoms with Crippen molar-refractivity contribution >= 4 is 27.3 Å². The van der Waals surface area contributed by atoms with E-state index in [1.54, 1.807) is 5.38 Å². The summed E-state index contributed by atoms with van der Waals surface area (Å²) in [5.41, 5.74) is 0. The van der Waals surface area contributed by atoms with E-state index in [-0.39, 0.29) is 4.88 Å². The van der Waals surface area contributed by atoms with Crippen LogP contribution in [0.25, 0.3) is 0 Å². The second-order valence-corrected chi connectivity index (χ2v) is 4.25. The van der Waals surface area contributed by atoms with Crippen LogP contribution in [0.4, 0.5) is 17.6 Å². The minimum atomic E-state index is -4.02. The molecule has 0 radical (unpaired) electrons. The second-order valence-electron chi connectivity index (χ2n) is 2.35. The van der Waals surface area contributed by atoms with Crippen LogP contribution in [0, 0.1) is 0 Å². The van der Waals surface area contributed by atoms with Gasteiger partial charge in [0.2, 0.25) is 0 Å². The summed E-state index contributed by atoms with van der Waals surface area (Å²) in [5.74, 6) is -4.02. The van der Waals surface area contributed by atoms with E-state index >= 15 is 0 Å². The molecule has 13 heavy (non-hydrogen) atoms. The van der Waals surface area contributed by atoms with Crippen LogP contribution in [0.2, 0.25) is 0 Å². The molecule has 0 nitrogen and oxygen atoms in total. The van der Waals surface area contributed by atoms with Gasteiger partial charge in [0.05, 0.1) is 0 Å². The number of hydrogen-bond donors (Lipinski definition) is 0. The van der Waals surface area contributed by atoms with Gasteiger partial charge in [0.25, 0.3) is 0 Å². The molecule has 0 saturated heterocycles. The Morgan fingerprint density at radius 1 is 1.38 bits per heavy atom. The third kappa shape index (κ3) is 2.22. The summed E-state index contributed by atoms with van der Waals surface area (Å²) in [6.45, 7) is 0. The average Bonchev–Trinajstić information content (AvgIpc) is 2.54. The first-order chi connectivity index (χ1) is 5.96. The third-order valence-corrected chi connectivity index (χ3v) is 3.77. The molecule has 0 saturated carbocycles. The first kappa shape index (κ1) is 11.0. The Bertz CT molecular complexity index is 259. The first-order valence-electron chi connectivity index (χ1n) is 3.29. The van der Waals surface area contributed by atoms with Crippen LogP contribution in [0.5, 0.6) is 0 Å². The highest BCUT2D eigenvalue weighted by Gasteiger charge is 2.48. The first-order valence-corrected chi connectivity index (χ1v) is 5.09. The van der Waals surface area contributed by atoms with Crippen molar-refractivity contribution in [2.75, 3.05) is 0 Å². The van der Waals surface area contributed by atoms with Gasteiger partial charge in [-0.05, 0) is 11.4 Å². The fourth-order valence-electron chi connectivity index (χ4n) is 0.736. The number of hydrogen-bond acceptors (Lipinski definition) is 1. The molecule has 0 aromatic carbocycles. The Morgan fingerprint density at radius 3 is 2.38 bits per heavy atom. The summed E-state index contributed by atoms with van der Waals surface area (Å²) in [5, 5.41) is 1.56. The van der Waals surface area contributed by atoms with Gasteiger partial charge in [0.1, 0.15) is 4.83 Å². The lowest BCUT2D eigenvalue weighted by Crippen LogP contribution is -2.30. The lowest BCUT2D eigenvalue weighted by atomic mass is 10.2. The number of alkyl halides is 5. The van der Waals surface area contributed by atoms with E-state index in [1.165, 1.54) is 12.1 Å². The third-order valence-electron chi connectivity index (χ3n) is 1.42. The van der Waals surface area contributed by atoms with Crippen molar-refractivity contribution in [1.29, 1.82) is 0 Å². The van der Waals surface area contributed by atoms with Crippen LogP contribution in [-0.4, -0.2) is 12.3 Å². The Morgan fingerprint density at radius 2 is 2.00 bits per heavy atom. The molecule has 0 spiro atoms. The highest BCUT2D eigenvalue weighted by Crippen LogP contribution is 2.43. The van der Waals surface area contributed by atoms with Crippen LogP contribution in [-0.2, 0) is 0 Å². The summed E-state index contributed by atoms with van der Waals surface area (Å²) < 4.78 is 49.2. The van der Waals surface area contributed by atoms with Crippen LogP contribution >= 0.6 is 27.3 Å². The van der Waals surface area contributed by atoms with Gasteiger partial charge in [-0.15, -0.1) is 11.3 Å². The topological polar surface area (TPSA) is 0 Å². The Labute approximate surface area is 84.7 Å². The lowest BCUT2D eigenvalue weighted by molar-refractivity contribution is -0.127. The van der Waals surface area contributed by atoms with Crippen molar-refractivity contribution in [3.8, 4) is 0 Å². The van der Waals surface area contributed by atoms with E-state index in [2.05, 4.69) is 15.9 Å². The van der Waals surface area contributed by atoms with Gasteiger partial charge in [-0.3, -0.25) is 0 Å². The maximum absolute atomic E-state index is 12.7. The molecule has 0 amide bonds. The van der Waals surface area contributed by atoms with E-state index in [9.17, 15) is 17.6 Å². The fourth-order valence-corrected chi connectivity index (χ4v) is 2.16. The summed E-state index contributed by atoms with van der Waals surface area (Å²) in [4.78, 5) is -1.41. The van der Waals surface area contributed by atoms with Crippen molar-refractivity contribution in [1.82, 2.24) is 0 Å². The van der Waals surface area contributed by atoms with Crippen LogP contribution in [0.1, 0.15) is 9.70 Å². The second kappa shape index (κ2) is 3.96. The van der Waals surface area contributed by atoms with Crippen molar-refractivity contribution in [3.05, 3.63) is 22.4 Å². The molecule has 1 unspecified atom stereocenters. The van der Waals surface area contributed by atoms with Crippen LogP contribution in [0.15, 0.2) is 17.5 Å². The molecule has 0 fully saturated rings. The van der Waals surface area contributed by atoms with Gasteiger partial charge in [0, 0.05) is 4.88 Å². The number of rotatable bonds is 3. The maximum atomic E-state index is 12.7. The molecule has 1 aromatic rings. The normalized spacial score (nSPS) is 14.9. The van der Waals surface area contributed by atoms with E-state index in [0.717, 1.165) is 11.3 Å². The van der Waals surface area contributed by atoms with E-state index in [0.29, 0.717) is 0 Å². The molecule has 1 rings (SSSR count). The van der Waals surface area contributed by atoms with Crippen molar-refractivity contribution in [2.24, 2.45) is 0 Å². The Hall–Kier alpha value is -0.100. The number of halogens is 5. The van der Waals surface area contributed by atoms with Crippen LogP contribution in [0.3, 0.4) is 0 Å². The summed E-state index contributed by atoms with van der Waals surface area (Å²) in [7, 11) is 0. The Kier molecular flexibility index (Phi) is 3.34. The largest absolute Gasteiger partial charge is 0.324 e. The molecule has 1 heterocycles. The molecule has 0 aliphatic rings. The minimum Gasteiger partial charge on any atom is -0.204 e. The SMILES string of the molecule is FC(F)C(F)(F)C(Br)c1cccs1. The molecule has 6 heteroatoms. The zero-order valence-electron chi connectivity index (χ0n) is 6.18. The molecule has 1 aromatic heterocycles. The summed E-state index contributed by atoms with van der Waals surface area (Å²) in [6.07, 6.45) is -3.65. The van der Waals surface area contributed by atoms with E-state index in [1.807, 2.05) is 0 Å². The smallest absolute Gasteiger partial charge is 0.204 e. The monoisotopic (exact) mass is 276 g/mol. The van der Waals surface area contributed by atoms with E-state index in [4.69, 9.17) is 0 Å². The molecule has 0 aliphatic heterocycles. The van der Waals surface area contributed by atoms with Gasteiger partial charge in [0.15, 0.2) is 0 Å². The summed E-state index contributed by atoms with van der Waals surface area (Å²) >= 11 is 3.58. The van der Waals surface area contributed by atoms with Gasteiger partial charge in [-0.25, -0.2) is 8.78 Å².